The van der Waals surface area contributed by atoms with Crippen molar-refractivity contribution < 1.29 is 19.4 Å². The second kappa shape index (κ2) is 8.09. The van der Waals surface area contributed by atoms with Crippen LogP contribution in [0.4, 0.5) is 4.79 Å². The summed E-state index contributed by atoms with van der Waals surface area (Å²) in [5, 5.41) is 14.7. The Morgan fingerprint density at radius 1 is 1.20 bits per heavy atom. The molecule has 0 aromatic rings. The van der Waals surface area contributed by atoms with E-state index in [0.29, 0.717) is 26.0 Å². The van der Waals surface area contributed by atoms with Crippen molar-refractivity contribution in [2.24, 2.45) is 5.41 Å². The standard InChI is InChI=1S/C14H26N2O4/c1-11(2)20-9-8-15-13(19)16-10-14(12(17)18)6-4-3-5-7-14/h11H,3-10H2,1-2H3,(H,17,18)(H2,15,16,19). The topological polar surface area (TPSA) is 87.7 Å². The summed E-state index contributed by atoms with van der Waals surface area (Å²) in [7, 11) is 0. The van der Waals surface area contributed by atoms with Gasteiger partial charge in [-0.25, -0.2) is 4.79 Å². The molecule has 0 aromatic heterocycles. The van der Waals surface area contributed by atoms with Gasteiger partial charge in [0, 0.05) is 13.1 Å². The van der Waals surface area contributed by atoms with Crippen LogP contribution in [-0.4, -0.2) is 42.9 Å². The first-order valence-electron chi connectivity index (χ1n) is 7.33. The number of carboxylic acids is 1. The van der Waals surface area contributed by atoms with Gasteiger partial charge in [-0.1, -0.05) is 19.3 Å². The van der Waals surface area contributed by atoms with Crippen LogP contribution in [0, 0.1) is 5.41 Å². The van der Waals surface area contributed by atoms with Gasteiger partial charge in [-0.2, -0.15) is 0 Å². The molecule has 0 atom stereocenters. The van der Waals surface area contributed by atoms with Gasteiger partial charge in [-0.3, -0.25) is 4.79 Å². The van der Waals surface area contributed by atoms with E-state index in [1.165, 1.54) is 0 Å². The molecular weight excluding hydrogens is 260 g/mol. The van der Waals surface area contributed by atoms with Crippen molar-refractivity contribution >= 4 is 12.0 Å². The molecular formula is C14H26N2O4. The fourth-order valence-corrected chi connectivity index (χ4v) is 2.47. The van der Waals surface area contributed by atoms with Crippen LogP contribution in [0.5, 0.6) is 0 Å². The highest BCUT2D eigenvalue weighted by atomic mass is 16.5. The Hall–Kier alpha value is -1.30. The maximum Gasteiger partial charge on any atom is 0.314 e. The van der Waals surface area contributed by atoms with Crippen LogP contribution in [0.3, 0.4) is 0 Å². The maximum absolute atomic E-state index is 11.6. The average Bonchev–Trinajstić information content (AvgIpc) is 2.42. The molecule has 116 valence electrons. The molecule has 1 fully saturated rings. The van der Waals surface area contributed by atoms with E-state index in [9.17, 15) is 14.7 Å². The predicted molar refractivity (Wildman–Crippen MR) is 75.6 cm³/mol. The summed E-state index contributed by atoms with van der Waals surface area (Å²) < 4.78 is 5.31. The first-order valence-corrected chi connectivity index (χ1v) is 7.33. The van der Waals surface area contributed by atoms with Gasteiger partial charge in [-0.15, -0.1) is 0 Å². The van der Waals surface area contributed by atoms with Crippen LogP contribution >= 0.6 is 0 Å². The average molecular weight is 286 g/mol. The van der Waals surface area contributed by atoms with Crippen molar-refractivity contribution in [3.63, 3.8) is 0 Å². The molecule has 1 rings (SSSR count). The van der Waals surface area contributed by atoms with Crippen LogP contribution in [0.15, 0.2) is 0 Å². The number of amides is 2. The lowest BCUT2D eigenvalue weighted by atomic mass is 9.74. The van der Waals surface area contributed by atoms with Crippen LogP contribution in [-0.2, 0) is 9.53 Å². The fourth-order valence-electron chi connectivity index (χ4n) is 2.47. The maximum atomic E-state index is 11.6. The Bertz CT molecular complexity index is 325. The zero-order valence-electron chi connectivity index (χ0n) is 12.4. The minimum absolute atomic E-state index is 0.136. The summed E-state index contributed by atoms with van der Waals surface area (Å²) in [6.45, 7) is 4.93. The number of urea groups is 1. The van der Waals surface area contributed by atoms with Gasteiger partial charge < -0.3 is 20.5 Å². The number of aliphatic carboxylic acids is 1. The number of ether oxygens (including phenoxy) is 1. The molecule has 6 nitrogen and oxygen atoms in total. The third-order valence-electron chi connectivity index (χ3n) is 3.69. The summed E-state index contributed by atoms with van der Waals surface area (Å²) in [5.74, 6) is -0.805. The van der Waals surface area contributed by atoms with E-state index in [1.807, 2.05) is 13.8 Å². The Morgan fingerprint density at radius 3 is 2.40 bits per heavy atom. The summed E-state index contributed by atoms with van der Waals surface area (Å²) in [6, 6.07) is -0.330. The van der Waals surface area contributed by atoms with Crippen molar-refractivity contribution in [2.75, 3.05) is 19.7 Å². The lowest BCUT2D eigenvalue weighted by Crippen LogP contribution is -2.47. The number of carboxylic acid groups (broad SMARTS) is 1. The number of nitrogens with one attached hydrogen (secondary N) is 2. The molecule has 1 aliphatic carbocycles. The van der Waals surface area contributed by atoms with E-state index in [2.05, 4.69) is 10.6 Å². The Labute approximate surface area is 120 Å². The van der Waals surface area contributed by atoms with Gasteiger partial charge in [0.1, 0.15) is 0 Å². The Balaban J connectivity index is 2.29. The first kappa shape index (κ1) is 16.8. The molecule has 1 aliphatic rings. The highest BCUT2D eigenvalue weighted by molar-refractivity contribution is 5.78. The lowest BCUT2D eigenvalue weighted by Gasteiger charge is -2.33. The molecule has 3 N–H and O–H groups in total. The normalized spacial score (nSPS) is 17.8. The molecule has 0 aromatic carbocycles. The van der Waals surface area contributed by atoms with E-state index >= 15 is 0 Å². The fraction of sp³-hybridized carbons (Fsp3) is 0.857. The molecule has 0 heterocycles. The Morgan fingerprint density at radius 2 is 1.85 bits per heavy atom. The van der Waals surface area contributed by atoms with Crippen molar-refractivity contribution in [3.8, 4) is 0 Å². The molecule has 0 aliphatic heterocycles. The van der Waals surface area contributed by atoms with Crippen molar-refractivity contribution in [1.82, 2.24) is 10.6 Å². The van der Waals surface area contributed by atoms with E-state index < -0.39 is 11.4 Å². The third kappa shape index (κ3) is 5.36. The molecule has 20 heavy (non-hydrogen) atoms. The van der Waals surface area contributed by atoms with E-state index in [-0.39, 0.29) is 18.7 Å². The third-order valence-corrected chi connectivity index (χ3v) is 3.69. The van der Waals surface area contributed by atoms with Crippen molar-refractivity contribution in [2.45, 2.75) is 52.1 Å². The molecule has 0 bridgehead atoms. The van der Waals surface area contributed by atoms with Crippen molar-refractivity contribution in [1.29, 1.82) is 0 Å². The highest BCUT2D eigenvalue weighted by Crippen LogP contribution is 2.35. The lowest BCUT2D eigenvalue weighted by molar-refractivity contribution is -0.150. The molecule has 0 radical (unpaired) electrons. The first-order chi connectivity index (χ1) is 9.46. The largest absolute Gasteiger partial charge is 0.481 e. The Kier molecular flexibility index (Phi) is 6.78. The zero-order chi connectivity index (χ0) is 15.0. The minimum atomic E-state index is -0.805. The van der Waals surface area contributed by atoms with Gasteiger partial charge in [-0.05, 0) is 26.7 Å². The summed E-state index contributed by atoms with van der Waals surface area (Å²) >= 11 is 0. The molecule has 0 saturated heterocycles. The van der Waals surface area contributed by atoms with Gasteiger partial charge in [0.25, 0.3) is 0 Å². The van der Waals surface area contributed by atoms with Gasteiger partial charge >= 0.3 is 12.0 Å². The van der Waals surface area contributed by atoms with Crippen LogP contribution in [0.25, 0.3) is 0 Å². The molecule has 1 saturated carbocycles. The van der Waals surface area contributed by atoms with Crippen LogP contribution in [0.1, 0.15) is 46.0 Å². The van der Waals surface area contributed by atoms with E-state index in [4.69, 9.17) is 4.74 Å². The van der Waals surface area contributed by atoms with Crippen LogP contribution in [0.2, 0.25) is 0 Å². The number of carbonyl (C=O) groups is 2. The summed E-state index contributed by atoms with van der Waals surface area (Å²) in [4.78, 5) is 23.1. The van der Waals surface area contributed by atoms with Crippen LogP contribution < -0.4 is 10.6 Å². The minimum Gasteiger partial charge on any atom is -0.481 e. The van der Waals surface area contributed by atoms with Gasteiger partial charge in [0.2, 0.25) is 0 Å². The molecule has 2 amide bonds. The predicted octanol–water partition coefficient (Wildman–Crippen LogP) is 1.75. The summed E-state index contributed by atoms with van der Waals surface area (Å²) in [5.41, 5.74) is -0.788. The quantitative estimate of drug-likeness (QED) is 0.622. The van der Waals surface area contributed by atoms with Gasteiger partial charge in [0.15, 0.2) is 0 Å². The second-order valence-corrected chi connectivity index (χ2v) is 5.68. The SMILES string of the molecule is CC(C)OCCNC(=O)NCC1(C(=O)O)CCCCC1. The monoisotopic (exact) mass is 286 g/mol. The van der Waals surface area contributed by atoms with Gasteiger partial charge in [0.05, 0.1) is 18.1 Å². The number of hydrogen-bond donors (Lipinski definition) is 3. The number of hydrogen-bond acceptors (Lipinski definition) is 3. The van der Waals surface area contributed by atoms with E-state index in [1.54, 1.807) is 0 Å². The smallest absolute Gasteiger partial charge is 0.314 e. The number of rotatable bonds is 7. The highest BCUT2D eigenvalue weighted by Gasteiger charge is 2.39. The number of carbonyl (C=O) groups excluding carboxylic acids is 1. The second-order valence-electron chi connectivity index (χ2n) is 5.68. The molecule has 6 heteroatoms. The molecule has 0 spiro atoms. The van der Waals surface area contributed by atoms with Crippen molar-refractivity contribution in [3.05, 3.63) is 0 Å². The van der Waals surface area contributed by atoms with E-state index in [0.717, 1.165) is 19.3 Å². The molecule has 0 unspecified atom stereocenters. The zero-order valence-corrected chi connectivity index (χ0v) is 12.4. The summed E-state index contributed by atoms with van der Waals surface area (Å²) in [6.07, 6.45) is 4.32.